The molecule has 1 aromatic heterocycles. The molecule has 6 nitrogen and oxygen atoms in total. The van der Waals surface area contributed by atoms with E-state index in [9.17, 15) is 14.7 Å². The summed E-state index contributed by atoms with van der Waals surface area (Å²) in [4.78, 5) is 27.5. The van der Waals surface area contributed by atoms with Gasteiger partial charge in [-0.2, -0.15) is 0 Å². The highest BCUT2D eigenvalue weighted by atomic mass is 16.4. The molecule has 1 atom stereocenters. The van der Waals surface area contributed by atoms with E-state index in [0.717, 1.165) is 24.0 Å². The third kappa shape index (κ3) is 4.18. The molecular weight excluding hydrogens is 296 g/mol. The molecule has 0 bridgehead atoms. The topological polar surface area (TPSA) is 92.4 Å². The summed E-state index contributed by atoms with van der Waals surface area (Å²) in [6.07, 6.45) is 3.15. The van der Waals surface area contributed by atoms with Crippen LogP contribution in [0, 0.1) is 6.92 Å². The molecule has 6 heteroatoms. The summed E-state index contributed by atoms with van der Waals surface area (Å²) >= 11 is 0. The number of carbonyl (C=O) groups is 2. The molecule has 1 heterocycles. The molecular formula is C17H20N2O4. The van der Waals surface area contributed by atoms with E-state index in [4.69, 9.17) is 4.42 Å². The minimum Gasteiger partial charge on any atom is -0.480 e. The minimum atomic E-state index is -1.05. The summed E-state index contributed by atoms with van der Waals surface area (Å²) in [7, 11) is 0. The number of nitrogens with one attached hydrogen (secondary N) is 1. The molecule has 2 N–H and O–H groups in total. The molecule has 2 rings (SSSR count). The maximum Gasteiger partial charge on any atom is 0.326 e. The smallest absolute Gasteiger partial charge is 0.326 e. The lowest BCUT2D eigenvalue weighted by molar-refractivity contribution is -0.139. The molecule has 2 aromatic rings. The van der Waals surface area contributed by atoms with Gasteiger partial charge in [-0.25, -0.2) is 9.78 Å². The molecule has 1 amide bonds. The molecule has 0 aliphatic rings. The SMILES string of the molecule is CCCCC(NC(=O)c1ncoc1-c1ccc(C)cc1)C(=O)O. The number of aromatic nitrogens is 1. The molecule has 0 aliphatic carbocycles. The third-order valence-electron chi connectivity index (χ3n) is 3.55. The van der Waals surface area contributed by atoms with Gasteiger partial charge in [-0.15, -0.1) is 0 Å². The molecule has 0 aliphatic heterocycles. The van der Waals surface area contributed by atoms with Gasteiger partial charge in [0.25, 0.3) is 5.91 Å². The number of carboxylic acids is 1. The molecule has 0 saturated carbocycles. The number of aryl methyl sites for hydroxylation is 1. The molecule has 0 radical (unpaired) electrons. The van der Waals surface area contributed by atoms with Crippen LogP contribution >= 0.6 is 0 Å². The summed E-state index contributed by atoms with van der Waals surface area (Å²) in [5, 5.41) is 11.7. The lowest BCUT2D eigenvalue weighted by Crippen LogP contribution is -2.41. The fourth-order valence-corrected chi connectivity index (χ4v) is 2.21. The summed E-state index contributed by atoms with van der Waals surface area (Å²) in [5.74, 6) is -1.26. The largest absolute Gasteiger partial charge is 0.480 e. The second kappa shape index (κ2) is 7.58. The first-order valence-electron chi connectivity index (χ1n) is 7.57. The Bertz CT molecular complexity index is 676. The number of oxazole rings is 1. The highest BCUT2D eigenvalue weighted by Crippen LogP contribution is 2.23. The van der Waals surface area contributed by atoms with E-state index < -0.39 is 17.9 Å². The zero-order chi connectivity index (χ0) is 16.8. The Labute approximate surface area is 134 Å². The zero-order valence-electron chi connectivity index (χ0n) is 13.2. The number of hydrogen-bond acceptors (Lipinski definition) is 4. The minimum absolute atomic E-state index is 0.0941. The summed E-state index contributed by atoms with van der Waals surface area (Å²) in [6.45, 7) is 3.93. The third-order valence-corrected chi connectivity index (χ3v) is 3.55. The van der Waals surface area contributed by atoms with Gasteiger partial charge in [0.15, 0.2) is 17.8 Å². The van der Waals surface area contributed by atoms with Gasteiger partial charge in [-0.1, -0.05) is 49.6 Å². The average molecular weight is 316 g/mol. The van der Waals surface area contributed by atoms with Gasteiger partial charge in [-0.05, 0) is 13.3 Å². The van der Waals surface area contributed by atoms with Crippen molar-refractivity contribution in [3.05, 3.63) is 41.9 Å². The number of hydrogen-bond donors (Lipinski definition) is 2. The van der Waals surface area contributed by atoms with Gasteiger partial charge in [0.05, 0.1) is 0 Å². The Hall–Kier alpha value is -2.63. The highest BCUT2D eigenvalue weighted by molar-refractivity contribution is 5.99. The second-order valence-electron chi connectivity index (χ2n) is 5.40. The van der Waals surface area contributed by atoms with Crippen LogP contribution in [0.4, 0.5) is 0 Å². The molecule has 23 heavy (non-hydrogen) atoms. The number of benzene rings is 1. The predicted octanol–water partition coefficient (Wildman–Crippen LogP) is 3.02. The first-order valence-corrected chi connectivity index (χ1v) is 7.57. The standard InChI is InChI=1S/C17H20N2O4/c1-3-4-5-13(17(21)22)19-16(20)14-15(23-10-18-14)12-8-6-11(2)7-9-12/h6-10,13H,3-5H2,1-2H3,(H,19,20)(H,21,22). The number of carbonyl (C=O) groups excluding carboxylic acids is 1. The van der Waals surface area contributed by atoms with E-state index in [1.54, 1.807) is 0 Å². The van der Waals surface area contributed by atoms with Crippen molar-refractivity contribution in [3.8, 4) is 11.3 Å². The molecule has 0 spiro atoms. The van der Waals surface area contributed by atoms with Crippen LogP contribution in [0.2, 0.25) is 0 Å². The van der Waals surface area contributed by atoms with Crippen molar-refractivity contribution in [3.63, 3.8) is 0 Å². The molecule has 122 valence electrons. The van der Waals surface area contributed by atoms with Crippen LogP contribution in [0.5, 0.6) is 0 Å². The number of nitrogens with zero attached hydrogens (tertiary/aromatic N) is 1. The Balaban J connectivity index is 2.18. The van der Waals surface area contributed by atoms with Crippen molar-refractivity contribution < 1.29 is 19.1 Å². The summed E-state index contributed by atoms with van der Waals surface area (Å²) in [6, 6.07) is 6.54. The Morgan fingerprint density at radius 1 is 1.30 bits per heavy atom. The molecule has 1 aromatic carbocycles. The number of aliphatic carboxylic acids is 1. The maximum absolute atomic E-state index is 12.3. The van der Waals surface area contributed by atoms with E-state index in [0.29, 0.717) is 12.2 Å². The van der Waals surface area contributed by atoms with Crippen molar-refractivity contribution in [2.24, 2.45) is 0 Å². The van der Waals surface area contributed by atoms with E-state index >= 15 is 0 Å². The predicted molar refractivity (Wildman–Crippen MR) is 85.1 cm³/mol. The van der Waals surface area contributed by atoms with Crippen molar-refractivity contribution >= 4 is 11.9 Å². The van der Waals surface area contributed by atoms with Gasteiger partial charge >= 0.3 is 5.97 Å². The monoisotopic (exact) mass is 316 g/mol. The maximum atomic E-state index is 12.3. The van der Waals surface area contributed by atoms with Crippen LogP contribution < -0.4 is 5.32 Å². The lowest BCUT2D eigenvalue weighted by atomic mass is 10.1. The van der Waals surface area contributed by atoms with Gasteiger partial charge in [0, 0.05) is 5.56 Å². The Morgan fingerprint density at radius 3 is 2.61 bits per heavy atom. The van der Waals surface area contributed by atoms with E-state index in [1.165, 1.54) is 6.39 Å². The second-order valence-corrected chi connectivity index (χ2v) is 5.40. The molecule has 0 saturated heterocycles. The number of rotatable bonds is 7. The zero-order valence-corrected chi connectivity index (χ0v) is 13.2. The first kappa shape index (κ1) is 16.7. The van der Waals surface area contributed by atoms with Crippen LogP contribution in [-0.2, 0) is 4.79 Å². The normalized spacial score (nSPS) is 11.9. The van der Waals surface area contributed by atoms with E-state index in [2.05, 4.69) is 10.3 Å². The number of amides is 1. The number of carboxylic acid groups (broad SMARTS) is 1. The number of unbranched alkanes of at least 4 members (excludes halogenated alkanes) is 1. The molecule has 1 unspecified atom stereocenters. The van der Waals surface area contributed by atoms with Crippen molar-refractivity contribution in [2.45, 2.75) is 39.2 Å². The highest BCUT2D eigenvalue weighted by Gasteiger charge is 2.24. The first-order chi connectivity index (χ1) is 11.0. The summed E-state index contributed by atoms with van der Waals surface area (Å²) in [5.41, 5.74) is 1.90. The van der Waals surface area contributed by atoms with Gasteiger partial charge in [-0.3, -0.25) is 4.79 Å². The Morgan fingerprint density at radius 2 is 2.00 bits per heavy atom. The molecule has 0 fully saturated rings. The quantitative estimate of drug-likeness (QED) is 0.819. The van der Waals surface area contributed by atoms with Crippen LogP contribution in [0.1, 0.15) is 42.2 Å². The fourth-order valence-electron chi connectivity index (χ4n) is 2.21. The summed E-state index contributed by atoms with van der Waals surface area (Å²) < 4.78 is 5.32. The lowest BCUT2D eigenvalue weighted by Gasteiger charge is -2.13. The average Bonchev–Trinajstić information content (AvgIpc) is 3.01. The van der Waals surface area contributed by atoms with Gasteiger partial charge < -0.3 is 14.8 Å². The van der Waals surface area contributed by atoms with Crippen molar-refractivity contribution in [1.29, 1.82) is 0 Å². The fraction of sp³-hybridized carbons (Fsp3) is 0.353. The van der Waals surface area contributed by atoms with Gasteiger partial charge in [0.2, 0.25) is 0 Å². The van der Waals surface area contributed by atoms with Crippen LogP contribution in [0.15, 0.2) is 35.1 Å². The van der Waals surface area contributed by atoms with Crippen molar-refractivity contribution in [1.82, 2.24) is 10.3 Å². The van der Waals surface area contributed by atoms with Crippen LogP contribution in [0.3, 0.4) is 0 Å². The van der Waals surface area contributed by atoms with E-state index in [-0.39, 0.29) is 5.69 Å². The Kier molecular flexibility index (Phi) is 5.51. The van der Waals surface area contributed by atoms with Crippen LogP contribution in [-0.4, -0.2) is 28.0 Å². The van der Waals surface area contributed by atoms with E-state index in [1.807, 2.05) is 38.1 Å². The van der Waals surface area contributed by atoms with Crippen LogP contribution in [0.25, 0.3) is 11.3 Å². The van der Waals surface area contributed by atoms with Gasteiger partial charge in [0.1, 0.15) is 6.04 Å². The van der Waals surface area contributed by atoms with Crippen molar-refractivity contribution in [2.75, 3.05) is 0 Å².